The highest BCUT2D eigenvalue weighted by Gasteiger charge is 2.18. The monoisotopic (exact) mass is 323 g/mol. The Morgan fingerprint density at radius 3 is 2.73 bits per heavy atom. The maximum absolute atomic E-state index is 6.27. The van der Waals surface area contributed by atoms with Crippen LogP contribution in [0.25, 0.3) is 0 Å². The van der Waals surface area contributed by atoms with Crippen LogP contribution in [0, 0.1) is 5.92 Å². The molecule has 1 N–H and O–H groups in total. The minimum atomic E-state index is 0.753. The molecule has 1 aliphatic rings. The van der Waals surface area contributed by atoms with E-state index in [0.717, 1.165) is 54.3 Å². The van der Waals surface area contributed by atoms with Gasteiger partial charge in [0, 0.05) is 31.7 Å². The zero-order valence-electron chi connectivity index (χ0n) is 13.7. The molecule has 4 nitrogen and oxygen atoms in total. The van der Waals surface area contributed by atoms with Crippen LogP contribution in [-0.2, 0) is 6.42 Å². The molecule has 1 aliphatic heterocycles. The molecule has 1 heterocycles. The van der Waals surface area contributed by atoms with E-state index in [9.17, 15) is 0 Å². The normalized spacial score (nSPS) is 16.7. The summed E-state index contributed by atoms with van der Waals surface area (Å²) in [6, 6.07) is 5.83. The highest BCUT2D eigenvalue weighted by atomic mass is 35.5. The first-order chi connectivity index (χ1) is 10.6. The number of halogens is 1. The molecule has 22 heavy (non-hydrogen) atoms. The van der Waals surface area contributed by atoms with Gasteiger partial charge in [-0.25, -0.2) is 0 Å². The number of methoxy groups -OCH3 is 1. The Kier molecular flexibility index (Phi) is 6.37. The smallest absolute Gasteiger partial charge is 0.193 e. The Labute approximate surface area is 138 Å². The second-order valence-electron chi connectivity index (χ2n) is 5.85. The van der Waals surface area contributed by atoms with Gasteiger partial charge in [-0.15, -0.1) is 0 Å². The number of likely N-dealkylation sites (tertiary alicyclic amines) is 1. The van der Waals surface area contributed by atoms with Crippen molar-refractivity contribution in [3.63, 3.8) is 0 Å². The highest BCUT2D eigenvalue weighted by Crippen LogP contribution is 2.22. The van der Waals surface area contributed by atoms with E-state index in [0.29, 0.717) is 0 Å². The number of hydrogen-bond donors (Lipinski definition) is 1. The molecule has 0 bridgehead atoms. The van der Waals surface area contributed by atoms with Gasteiger partial charge in [0.15, 0.2) is 5.96 Å². The average molecular weight is 324 g/mol. The summed E-state index contributed by atoms with van der Waals surface area (Å²) in [6.45, 7) is 5.32. The number of piperidine rings is 1. The molecule has 0 aliphatic carbocycles. The van der Waals surface area contributed by atoms with Crippen molar-refractivity contribution in [1.29, 1.82) is 0 Å². The Bertz CT molecular complexity index is 511. The van der Waals surface area contributed by atoms with Crippen molar-refractivity contribution in [2.24, 2.45) is 10.9 Å². The second-order valence-corrected chi connectivity index (χ2v) is 6.26. The quantitative estimate of drug-likeness (QED) is 0.683. The lowest BCUT2D eigenvalue weighted by Gasteiger charge is -2.32. The van der Waals surface area contributed by atoms with Crippen LogP contribution >= 0.6 is 11.6 Å². The topological polar surface area (TPSA) is 36.9 Å². The molecule has 1 aromatic rings. The fourth-order valence-corrected chi connectivity index (χ4v) is 2.98. The molecular formula is C17H26ClN3O. The number of aliphatic imine (C=N–C) groups is 1. The van der Waals surface area contributed by atoms with Crippen LogP contribution in [0.2, 0.25) is 5.02 Å². The number of guanidine groups is 1. The number of ether oxygens (including phenoxy) is 1. The van der Waals surface area contributed by atoms with E-state index in [1.165, 1.54) is 12.8 Å². The third-order valence-electron chi connectivity index (χ3n) is 4.23. The van der Waals surface area contributed by atoms with E-state index in [1.54, 1.807) is 7.11 Å². The van der Waals surface area contributed by atoms with Crippen LogP contribution in [0.3, 0.4) is 0 Å². The standard InChI is InChI=1S/C17H26ClN3O/c1-13-7-10-21(11-8-13)17(19-2)20-9-6-14-4-5-15(22-3)12-16(14)18/h4-5,12-13H,6-11H2,1-3H3,(H,19,20). The largest absolute Gasteiger partial charge is 0.497 e. The van der Waals surface area contributed by atoms with Gasteiger partial charge in [-0.05, 0) is 42.9 Å². The van der Waals surface area contributed by atoms with Crippen molar-refractivity contribution in [2.45, 2.75) is 26.2 Å². The third-order valence-corrected chi connectivity index (χ3v) is 4.58. The first kappa shape index (κ1) is 16.9. The van der Waals surface area contributed by atoms with Gasteiger partial charge in [0.25, 0.3) is 0 Å². The molecule has 1 saturated heterocycles. The van der Waals surface area contributed by atoms with Crippen molar-refractivity contribution in [2.75, 3.05) is 33.8 Å². The predicted molar refractivity (Wildman–Crippen MR) is 93.0 cm³/mol. The second kappa shape index (κ2) is 8.28. The summed E-state index contributed by atoms with van der Waals surface area (Å²) < 4.78 is 5.17. The molecule has 0 unspecified atom stereocenters. The van der Waals surface area contributed by atoms with Crippen LogP contribution in [0.15, 0.2) is 23.2 Å². The minimum Gasteiger partial charge on any atom is -0.497 e. The van der Waals surface area contributed by atoms with Gasteiger partial charge in [-0.1, -0.05) is 24.6 Å². The molecular weight excluding hydrogens is 298 g/mol. The zero-order valence-corrected chi connectivity index (χ0v) is 14.5. The predicted octanol–water partition coefficient (Wildman–Crippen LogP) is 3.20. The first-order valence-corrected chi connectivity index (χ1v) is 8.30. The van der Waals surface area contributed by atoms with Crippen LogP contribution in [0.5, 0.6) is 5.75 Å². The summed E-state index contributed by atoms with van der Waals surface area (Å²) in [6.07, 6.45) is 3.35. The van der Waals surface area contributed by atoms with E-state index in [2.05, 4.69) is 22.1 Å². The summed E-state index contributed by atoms with van der Waals surface area (Å²) in [7, 11) is 3.50. The van der Waals surface area contributed by atoms with Crippen LogP contribution in [-0.4, -0.2) is 44.7 Å². The maximum atomic E-state index is 6.27. The molecule has 0 atom stereocenters. The number of nitrogens with one attached hydrogen (secondary N) is 1. The molecule has 5 heteroatoms. The third kappa shape index (κ3) is 4.54. The van der Waals surface area contributed by atoms with Crippen LogP contribution in [0.4, 0.5) is 0 Å². The number of hydrogen-bond acceptors (Lipinski definition) is 2. The Morgan fingerprint density at radius 2 is 2.14 bits per heavy atom. The summed E-state index contributed by atoms with van der Waals surface area (Å²) in [5.41, 5.74) is 1.12. The SMILES string of the molecule is CN=C(NCCc1ccc(OC)cc1Cl)N1CCC(C)CC1. The van der Waals surface area contributed by atoms with Crippen LogP contribution < -0.4 is 10.1 Å². The molecule has 122 valence electrons. The molecule has 0 spiro atoms. The van der Waals surface area contributed by atoms with Crippen molar-refractivity contribution >= 4 is 17.6 Å². The molecule has 0 amide bonds. The van der Waals surface area contributed by atoms with Crippen LogP contribution in [0.1, 0.15) is 25.3 Å². The molecule has 1 fully saturated rings. The summed E-state index contributed by atoms with van der Waals surface area (Å²) in [4.78, 5) is 6.74. The van der Waals surface area contributed by atoms with E-state index in [1.807, 2.05) is 25.2 Å². The summed E-state index contributed by atoms with van der Waals surface area (Å²) >= 11 is 6.27. The van der Waals surface area contributed by atoms with E-state index in [4.69, 9.17) is 16.3 Å². The lowest BCUT2D eigenvalue weighted by atomic mass is 10.00. The fraction of sp³-hybridized carbons (Fsp3) is 0.588. The molecule has 2 rings (SSSR count). The van der Waals surface area contributed by atoms with Gasteiger partial charge in [-0.3, -0.25) is 4.99 Å². The van der Waals surface area contributed by atoms with Gasteiger partial charge in [0.1, 0.15) is 5.75 Å². The maximum Gasteiger partial charge on any atom is 0.193 e. The number of rotatable bonds is 4. The van der Waals surface area contributed by atoms with E-state index >= 15 is 0 Å². The molecule has 0 radical (unpaired) electrons. The molecule has 0 aromatic heterocycles. The Morgan fingerprint density at radius 1 is 1.41 bits per heavy atom. The van der Waals surface area contributed by atoms with Gasteiger partial charge < -0.3 is 15.0 Å². The fourth-order valence-electron chi connectivity index (χ4n) is 2.72. The zero-order chi connectivity index (χ0) is 15.9. The van der Waals surface area contributed by atoms with Gasteiger partial charge >= 0.3 is 0 Å². The van der Waals surface area contributed by atoms with Crippen molar-refractivity contribution in [3.8, 4) is 5.75 Å². The van der Waals surface area contributed by atoms with Gasteiger partial charge in [-0.2, -0.15) is 0 Å². The van der Waals surface area contributed by atoms with Gasteiger partial charge in [0.05, 0.1) is 7.11 Å². The summed E-state index contributed by atoms with van der Waals surface area (Å²) in [5.74, 6) is 2.61. The minimum absolute atomic E-state index is 0.753. The number of benzene rings is 1. The van der Waals surface area contributed by atoms with E-state index < -0.39 is 0 Å². The van der Waals surface area contributed by atoms with E-state index in [-0.39, 0.29) is 0 Å². The average Bonchev–Trinajstić information content (AvgIpc) is 2.54. The molecule has 1 aromatic carbocycles. The van der Waals surface area contributed by atoms with Gasteiger partial charge in [0.2, 0.25) is 0 Å². The Hall–Kier alpha value is -1.42. The highest BCUT2D eigenvalue weighted by molar-refractivity contribution is 6.31. The number of nitrogens with zero attached hydrogens (tertiary/aromatic N) is 2. The lowest BCUT2D eigenvalue weighted by Crippen LogP contribution is -2.45. The summed E-state index contributed by atoms with van der Waals surface area (Å²) in [5, 5.41) is 4.20. The first-order valence-electron chi connectivity index (χ1n) is 7.92. The Balaban J connectivity index is 1.84. The van der Waals surface area contributed by atoms with Crippen molar-refractivity contribution in [1.82, 2.24) is 10.2 Å². The molecule has 0 saturated carbocycles. The lowest BCUT2D eigenvalue weighted by molar-refractivity contribution is 0.273. The van der Waals surface area contributed by atoms with Crippen molar-refractivity contribution in [3.05, 3.63) is 28.8 Å². The van der Waals surface area contributed by atoms with Crippen molar-refractivity contribution < 1.29 is 4.74 Å².